The molecular weight excluding hydrogens is 238 g/mol. The van der Waals surface area contributed by atoms with Crippen molar-refractivity contribution in [1.82, 2.24) is 0 Å². The Morgan fingerprint density at radius 2 is 2.12 bits per heavy atom. The van der Waals surface area contributed by atoms with Gasteiger partial charge in [-0.15, -0.1) is 6.42 Å². The van der Waals surface area contributed by atoms with Crippen LogP contribution in [0.4, 0.5) is 10.5 Å². The number of ether oxygens (including phenoxy) is 1. The van der Waals surface area contributed by atoms with Crippen molar-refractivity contribution in [2.75, 3.05) is 5.32 Å². The molecule has 17 heavy (non-hydrogen) atoms. The zero-order valence-corrected chi connectivity index (χ0v) is 10.8. The summed E-state index contributed by atoms with van der Waals surface area (Å²) in [4.78, 5) is 11.5. The van der Waals surface area contributed by atoms with Gasteiger partial charge in [0.05, 0.1) is 10.7 Å². The van der Waals surface area contributed by atoms with E-state index in [0.29, 0.717) is 16.3 Å². The van der Waals surface area contributed by atoms with E-state index in [4.69, 9.17) is 22.8 Å². The first kappa shape index (κ1) is 13.4. The van der Waals surface area contributed by atoms with Gasteiger partial charge < -0.3 is 4.74 Å². The van der Waals surface area contributed by atoms with Crippen LogP contribution in [0.25, 0.3) is 0 Å². The Bertz CT molecular complexity index is 469. The highest BCUT2D eigenvalue weighted by Crippen LogP contribution is 2.23. The first-order valence-electron chi connectivity index (χ1n) is 5.08. The highest BCUT2D eigenvalue weighted by Gasteiger charge is 2.17. The van der Waals surface area contributed by atoms with Crippen molar-refractivity contribution in [3.05, 3.63) is 28.8 Å². The van der Waals surface area contributed by atoms with Crippen LogP contribution in [0.5, 0.6) is 0 Å². The fourth-order valence-electron chi connectivity index (χ4n) is 1.12. The summed E-state index contributed by atoms with van der Waals surface area (Å²) >= 11 is 5.93. The average molecular weight is 252 g/mol. The Morgan fingerprint density at radius 1 is 1.47 bits per heavy atom. The number of halogens is 1. The molecule has 1 amide bonds. The quantitative estimate of drug-likeness (QED) is 0.774. The molecule has 0 radical (unpaired) electrons. The Labute approximate surface area is 106 Å². The van der Waals surface area contributed by atoms with Crippen molar-refractivity contribution in [2.24, 2.45) is 0 Å². The van der Waals surface area contributed by atoms with Gasteiger partial charge in [-0.2, -0.15) is 0 Å². The van der Waals surface area contributed by atoms with Crippen LogP contribution in [0, 0.1) is 12.3 Å². The molecule has 4 heteroatoms. The fraction of sp³-hybridized carbons (Fsp3) is 0.308. The van der Waals surface area contributed by atoms with Gasteiger partial charge in [0.25, 0.3) is 0 Å². The number of anilines is 1. The molecule has 90 valence electrons. The summed E-state index contributed by atoms with van der Waals surface area (Å²) < 4.78 is 5.11. The minimum Gasteiger partial charge on any atom is -0.444 e. The number of amides is 1. The fourth-order valence-corrected chi connectivity index (χ4v) is 1.29. The van der Waals surface area contributed by atoms with Gasteiger partial charge in [0.15, 0.2) is 0 Å². The summed E-state index contributed by atoms with van der Waals surface area (Å²) in [6.07, 6.45) is 4.70. The van der Waals surface area contributed by atoms with Crippen LogP contribution in [0.3, 0.4) is 0 Å². The van der Waals surface area contributed by atoms with E-state index in [1.54, 1.807) is 39.0 Å². The molecule has 0 fully saturated rings. The van der Waals surface area contributed by atoms with Crippen molar-refractivity contribution in [1.29, 1.82) is 0 Å². The highest BCUT2D eigenvalue weighted by molar-refractivity contribution is 6.33. The number of hydrogen-bond donors (Lipinski definition) is 1. The van der Waals surface area contributed by atoms with Gasteiger partial charge >= 0.3 is 6.09 Å². The first-order chi connectivity index (χ1) is 7.81. The Balaban J connectivity index is 2.82. The van der Waals surface area contributed by atoms with Gasteiger partial charge in [-0.25, -0.2) is 4.79 Å². The van der Waals surface area contributed by atoms with Crippen LogP contribution in [0.1, 0.15) is 26.3 Å². The van der Waals surface area contributed by atoms with Crippen LogP contribution in [-0.4, -0.2) is 11.7 Å². The maximum absolute atomic E-state index is 11.5. The summed E-state index contributed by atoms with van der Waals surface area (Å²) in [6.45, 7) is 5.35. The van der Waals surface area contributed by atoms with Gasteiger partial charge in [-0.05, 0) is 39.0 Å². The smallest absolute Gasteiger partial charge is 0.412 e. The third-order valence-corrected chi connectivity index (χ3v) is 2.10. The van der Waals surface area contributed by atoms with Gasteiger partial charge in [0.1, 0.15) is 5.60 Å². The van der Waals surface area contributed by atoms with E-state index in [2.05, 4.69) is 11.2 Å². The molecule has 0 saturated carbocycles. The summed E-state index contributed by atoms with van der Waals surface area (Å²) in [7, 11) is 0. The van der Waals surface area contributed by atoms with Crippen LogP contribution < -0.4 is 5.32 Å². The van der Waals surface area contributed by atoms with E-state index in [1.165, 1.54) is 0 Å². The standard InChI is InChI=1S/C13H14ClNO2/c1-5-9-6-7-10(14)11(8-9)15-12(16)17-13(2,3)4/h1,6-8H,2-4H3,(H,15,16). The zero-order valence-electron chi connectivity index (χ0n) is 10.0. The molecule has 0 aliphatic carbocycles. The molecule has 1 aromatic carbocycles. The number of benzene rings is 1. The molecule has 0 unspecified atom stereocenters. The van der Waals surface area contributed by atoms with Gasteiger partial charge in [-0.3, -0.25) is 5.32 Å². The van der Waals surface area contributed by atoms with E-state index in [0.717, 1.165) is 0 Å². The van der Waals surface area contributed by atoms with E-state index >= 15 is 0 Å². The van der Waals surface area contributed by atoms with Crippen molar-refractivity contribution in [3.63, 3.8) is 0 Å². The Kier molecular flexibility index (Phi) is 4.03. The molecule has 1 rings (SSSR count). The molecule has 0 atom stereocenters. The van der Waals surface area contributed by atoms with Crippen LogP contribution >= 0.6 is 11.6 Å². The molecule has 0 aliphatic rings. The second-order valence-corrected chi connectivity index (χ2v) is 4.87. The summed E-state index contributed by atoms with van der Waals surface area (Å²) in [5.74, 6) is 2.47. The summed E-state index contributed by atoms with van der Waals surface area (Å²) in [5.41, 5.74) is 0.525. The normalized spacial score (nSPS) is 10.5. The maximum Gasteiger partial charge on any atom is 0.412 e. The maximum atomic E-state index is 11.5. The SMILES string of the molecule is C#Cc1ccc(Cl)c(NC(=O)OC(C)(C)C)c1. The van der Waals surface area contributed by atoms with E-state index in [1.807, 2.05) is 0 Å². The molecule has 1 N–H and O–H groups in total. The van der Waals surface area contributed by atoms with Gasteiger partial charge in [0, 0.05) is 5.56 Å². The Morgan fingerprint density at radius 3 is 2.65 bits per heavy atom. The third kappa shape index (κ3) is 4.38. The van der Waals surface area contributed by atoms with Crippen molar-refractivity contribution in [3.8, 4) is 12.3 Å². The third-order valence-electron chi connectivity index (χ3n) is 1.77. The largest absolute Gasteiger partial charge is 0.444 e. The molecule has 0 spiro atoms. The molecule has 1 aromatic rings. The number of hydrogen-bond acceptors (Lipinski definition) is 2. The molecule has 0 bridgehead atoms. The molecule has 3 nitrogen and oxygen atoms in total. The van der Waals surface area contributed by atoms with Crippen LogP contribution in [-0.2, 0) is 4.74 Å². The average Bonchev–Trinajstić information content (AvgIpc) is 2.18. The number of carbonyl (C=O) groups excluding carboxylic acids is 1. The number of nitrogens with one attached hydrogen (secondary N) is 1. The first-order valence-corrected chi connectivity index (χ1v) is 5.46. The predicted molar refractivity (Wildman–Crippen MR) is 69.2 cm³/mol. The second kappa shape index (κ2) is 5.11. The lowest BCUT2D eigenvalue weighted by Gasteiger charge is -2.20. The molecule has 0 heterocycles. The minimum atomic E-state index is -0.562. The summed E-state index contributed by atoms with van der Waals surface area (Å²) in [5, 5.41) is 2.96. The van der Waals surface area contributed by atoms with Crippen molar-refractivity contribution in [2.45, 2.75) is 26.4 Å². The van der Waals surface area contributed by atoms with E-state index in [9.17, 15) is 4.79 Å². The minimum absolute atomic E-state index is 0.412. The lowest BCUT2D eigenvalue weighted by Crippen LogP contribution is -2.27. The lowest BCUT2D eigenvalue weighted by atomic mass is 10.2. The number of rotatable bonds is 1. The van der Waals surface area contributed by atoms with Crippen molar-refractivity contribution < 1.29 is 9.53 Å². The summed E-state index contributed by atoms with van der Waals surface area (Å²) in [6, 6.07) is 4.94. The monoisotopic (exact) mass is 251 g/mol. The highest BCUT2D eigenvalue weighted by atomic mass is 35.5. The topological polar surface area (TPSA) is 38.3 Å². The lowest BCUT2D eigenvalue weighted by molar-refractivity contribution is 0.0636. The van der Waals surface area contributed by atoms with E-state index < -0.39 is 11.7 Å². The van der Waals surface area contributed by atoms with Crippen LogP contribution in [0.2, 0.25) is 5.02 Å². The molecule has 0 aromatic heterocycles. The van der Waals surface area contributed by atoms with Gasteiger partial charge in [0.2, 0.25) is 0 Å². The van der Waals surface area contributed by atoms with E-state index in [-0.39, 0.29) is 0 Å². The van der Waals surface area contributed by atoms with Gasteiger partial charge in [-0.1, -0.05) is 17.5 Å². The second-order valence-electron chi connectivity index (χ2n) is 4.47. The molecular formula is C13H14ClNO2. The Hall–Kier alpha value is -1.66. The molecule has 0 saturated heterocycles. The number of carbonyl (C=O) groups is 1. The predicted octanol–water partition coefficient (Wildman–Crippen LogP) is 3.67. The molecule has 0 aliphatic heterocycles. The zero-order chi connectivity index (χ0) is 13.1. The van der Waals surface area contributed by atoms with Crippen molar-refractivity contribution >= 4 is 23.4 Å². The van der Waals surface area contributed by atoms with Crippen LogP contribution in [0.15, 0.2) is 18.2 Å². The number of terminal acetylenes is 1.